The van der Waals surface area contributed by atoms with Crippen molar-refractivity contribution in [3.63, 3.8) is 0 Å². The quantitative estimate of drug-likeness (QED) is 0.761. The van der Waals surface area contributed by atoms with E-state index in [-0.39, 0.29) is 0 Å². The summed E-state index contributed by atoms with van der Waals surface area (Å²) in [6, 6.07) is 6.71. The third-order valence-corrected chi connectivity index (χ3v) is 3.32. The molecule has 1 aliphatic heterocycles. The minimum Gasteiger partial charge on any atom is -0.369 e. The molecule has 1 aliphatic rings. The van der Waals surface area contributed by atoms with Crippen molar-refractivity contribution in [1.82, 2.24) is 10.3 Å². The van der Waals surface area contributed by atoms with Gasteiger partial charge in [-0.05, 0) is 30.7 Å². The minimum absolute atomic E-state index is 1.09. The molecular weight excluding hydrogens is 198 g/mol. The molecule has 0 saturated carbocycles. The van der Waals surface area contributed by atoms with Crippen LogP contribution >= 0.6 is 0 Å². The zero-order chi connectivity index (χ0) is 11.0. The van der Waals surface area contributed by atoms with Crippen molar-refractivity contribution in [2.45, 2.75) is 6.92 Å². The Balaban J connectivity index is 2.02. The van der Waals surface area contributed by atoms with Crippen LogP contribution in [0.3, 0.4) is 0 Å². The van der Waals surface area contributed by atoms with Gasteiger partial charge in [0.25, 0.3) is 0 Å². The molecule has 0 amide bonds. The summed E-state index contributed by atoms with van der Waals surface area (Å²) in [7, 11) is 0. The van der Waals surface area contributed by atoms with Crippen molar-refractivity contribution in [3.05, 3.63) is 30.0 Å². The van der Waals surface area contributed by atoms with Crippen LogP contribution in [0.15, 0.2) is 24.4 Å². The van der Waals surface area contributed by atoms with Crippen LogP contribution in [0.5, 0.6) is 0 Å². The van der Waals surface area contributed by atoms with Crippen LogP contribution in [0.4, 0.5) is 5.69 Å². The molecule has 1 saturated heterocycles. The van der Waals surface area contributed by atoms with E-state index in [4.69, 9.17) is 0 Å². The molecule has 3 heteroatoms. The van der Waals surface area contributed by atoms with Gasteiger partial charge in [0.1, 0.15) is 0 Å². The number of hydrogen-bond acceptors (Lipinski definition) is 2. The smallest absolute Gasteiger partial charge is 0.0485 e. The fourth-order valence-electron chi connectivity index (χ4n) is 2.44. The highest BCUT2D eigenvalue weighted by Crippen LogP contribution is 2.25. The zero-order valence-electron chi connectivity index (χ0n) is 9.59. The maximum Gasteiger partial charge on any atom is 0.0485 e. The number of aromatic amines is 1. The number of nitrogens with zero attached hydrogens (tertiary/aromatic N) is 1. The van der Waals surface area contributed by atoms with Gasteiger partial charge in [0.05, 0.1) is 0 Å². The molecule has 2 N–H and O–H groups in total. The number of fused-ring (bicyclic) bond motifs is 1. The Hall–Kier alpha value is -1.48. The van der Waals surface area contributed by atoms with Crippen LogP contribution in [-0.4, -0.2) is 31.2 Å². The number of H-pyrrole nitrogens is 1. The van der Waals surface area contributed by atoms with Crippen LogP contribution in [0.25, 0.3) is 10.9 Å². The Labute approximate surface area is 95.5 Å². The Morgan fingerprint density at radius 3 is 2.81 bits per heavy atom. The fourth-order valence-corrected chi connectivity index (χ4v) is 2.44. The van der Waals surface area contributed by atoms with Gasteiger partial charge in [0.15, 0.2) is 0 Å². The summed E-state index contributed by atoms with van der Waals surface area (Å²) >= 11 is 0. The van der Waals surface area contributed by atoms with Crippen LogP contribution < -0.4 is 10.2 Å². The van der Waals surface area contributed by atoms with Gasteiger partial charge >= 0.3 is 0 Å². The Kier molecular flexibility index (Phi) is 2.33. The van der Waals surface area contributed by atoms with Gasteiger partial charge in [-0.15, -0.1) is 0 Å². The molecule has 84 valence electrons. The summed E-state index contributed by atoms with van der Waals surface area (Å²) < 4.78 is 0. The first-order chi connectivity index (χ1) is 7.84. The van der Waals surface area contributed by atoms with Gasteiger partial charge in [0, 0.05) is 49.0 Å². The first-order valence-corrected chi connectivity index (χ1v) is 5.88. The second-order valence-electron chi connectivity index (χ2n) is 4.44. The van der Waals surface area contributed by atoms with E-state index in [0.29, 0.717) is 0 Å². The van der Waals surface area contributed by atoms with Crippen molar-refractivity contribution in [1.29, 1.82) is 0 Å². The molecule has 0 bridgehead atoms. The number of piperazine rings is 1. The van der Waals surface area contributed by atoms with E-state index < -0.39 is 0 Å². The molecule has 1 fully saturated rings. The third-order valence-electron chi connectivity index (χ3n) is 3.32. The van der Waals surface area contributed by atoms with Gasteiger partial charge in [-0.25, -0.2) is 0 Å². The summed E-state index contributed by atoms with van der Waals surface area (Å²) in [4.78, 5) is 5.74. The highest BCUT2D eigenvalue weighted by Gasteiger charge is 2.11. The van der Waals surface area contributed by atoms with Crippen molar-refractivity contribution < 1.29 is 0 Å². The van der Waals surface area contributed by atoms with Crippen LogP contribution in [0.1, 0.15) is 5.56 Å². The Morgan fingerprint density at radius 2 is 2.00 bits per heavy atom. The van der Waals surface area contributed by atoms with E-state index in [1.165, 1.54) is 22.2 Å². The molecule has 0 unspecified atom stereocenters. The van der Waals surface area contributed by atoms with Crippen molar-refractivity contribution in [2.75, 3.05) is 31.1 Å². The van der Waals surface area contributed by atoms with E-state index in [1.807, 2.05) is 6.20 Å². The molecule has 0 aliphatic carbocycles. The molecule has 0 spiro atoms. The van der Waals surface area contributed by atoms with E-state index in [9.17, 15) is 0 Å². The second kappa shape index (κ2) is 3.83. The van der Waals surface area contributed by atoms with E-state index in [1.54, 1.807) is 0 Å². The Morgan fingerprint density at radius 1 is 1.19 bits per heavy atom. The largest absolute Gasteiger partial charge is 0.369 e. The molecule has 1 aromatic carbocycles. The maximum atomic E-state index is 3.38. The molecule has 2 heterocycles. The lowest BCUT2D eigenvalue weighted by atomic mass is 10.1. The highest BCUT2D eigenvalue weighted by atomic mass is 15.2. The lowest BCUT2D eigenvalue weighted by Crippen LogP contribution is -2.43. The van der Waals surface area contributed by atoms with E-state index >= 15 is 0 Å². The standard InChI is InChI=1S/C13H17N3/c1-10-8-12(16-6-4-14-5-7-16)9-11-2-3-15-13(10)11/h2-3,8-9,14-15H,4-7H2,1H3. The average Bonchev–Trinajstić information content (AvgIpc) is 2.79. The SMILES string of the molecule is Cc1cc(N2CCNCC2)cc2cc[nH]c12. The number of aromatic nitrogens is 1. The summed E-state index contributed by atoms with van der Waals surface area (Å²) in [6.07, 6.45) is 2.01. The molecule has 1 aromatic heterocycles. The minimum atomic E-state index is 1.09. The second-order valence-corrected chi connectivity index (χ2v) is 4.44. The lowest BCUT2D eigenvalue weighted by molar-refractivity contribution is 0.589. The number of rotatable bonds is 1. The van der Waals surface area contributed by atoms with Crippen LogP contribution in [0.2, 0.25) is 0 Å². The van der Waals surface area contributed by atoms with Gasteiger partial charge in [-0.1, -0.05) is 0 Å². The van der Waals surface area contributed by atoms with Crippen molar-refractivity contribution >= 4 is 16.6 Å². The topological polar surface area (TPSA) is 31.1 Å². The first-order valence-electron chi connectivity index (χ1n) is 5.88. The molecule has 3 rings (SSSR count). The van der Waals surface area contributed by atoms with Gasteiger partial charge in [-0.2, -0.15) is 0 Å². The summed E-state index contributed by atoms with van der Waals surface area (Å²) in [5, 5.41) is 4.70. The van der Waals surface area contributed by atoms with E-state index in [0.717, 1.165) is 26.2 Å². The average molecular weight is 215 g/mol. The lowest BCUT2D eigenvalue weighted by Gasteiger charge is -2.29. The van der Waals surface area contributed by atoms with Gasteiger partial charge in [-0.3, -0.25) is 0 Å². The molecule has 0 radical (unpaired) electrons. The number of aryl methyl sites for hydroxylation is 1. The number of anilines is 1. The number of benzene rings is 1. The predicted molar refractivity (Wildman–Crippen MR) is 68.1 cm³/mol. The molecule has 0 atom stereocenters. The normalized spacial score (nSPS) is 16.9. The van der Waals surface area contributed by atoms with Crippen LogP contribution in [0, 0.1) is 6.92 Å². The predicted octanol–water partition coefficient (Wildman–Crippen LogP) is 1.89. The maximum absolute atomic E-state index is 3.38. The fraction of sp³-hybridized carbons (Fsp3) is 0.385. The van der Waals surface area contributed by atoms with Gasteiger partial charge < -0.3 is 15.2 Å². The summed E-state index contributed by atoms with van der Waals surface area (Å²) in [5.74, 6) is 0. The monoisotopic (exact) mass is 215 g/mol. The molecular formula is C13H17N3. The van der Waals surface area contributed by atoms with Crippen LogP contribution in [-0.2, 0) is 0 Å². The molecule has 16 heavy (non-hydrogen) atoms. The first kappa shape index (κ1) is 9.73. The summed E-state index contributed by atoms with van der Waals surface area (Å²) in [6.45, 7) is 6.56. The third kappa shape index (κ3) is 1.57. The summed E-state index contributed by atoms with van der Waals surface area (Å²) in [5.41, 5.74) is 3.95. The van der Waals surface area contributed by atoms with E-state index in [2.05, 4.69) is 40.3 Å². The zero-order valence-corrected chi connectivity index (χ0v) is 9.59. The Bertz CT molecular complexity index is 495. The van der Waals surface area contributed by atoms with Crippen molar-refractivity contribution in [3.8, 4) is 0 Å². The molecule has 3 nitrogen and oxygen atoms in total. The number of nitrogens with one attached hydrogen (secondary N) is 2. The highest BCUT2D eigenvalue weighted by molar-refractivity contribution is 5.86. The van der Waals surface area contributed by atoms with Crippen molar-refractivity contribution in [2.24, 2.45) is 0 Å². The number of hydrogen-bond donors (Lipinski definition) is 2. The van der Waals surface area contributed by atoms with Gasteiger partial charge in [0.2, 0.25) is 0 Å². The molecule has 2 aromatic rings.